The van der Waals surface area contributed by atoms with Crippen LogP contribution in [0.2, 0.25) is 0 Å². The fourth-order valence-corrected chi connectivity index (χ4v) is 7.63. The first-order valence-electron chi connectivity index (χ1n) is 18.5. The molecule has 11 rings (SSSR count). The molecule has 8 aromatic carbocycles. The Balaban J connectivity index is 1.04. The Morgan fingerprint density at radius 2 is 0.929 bits per heavy atom. The van der Waals surface area contributed by atoms with Gasteiger partial charge in [0.2, 0.25) is 5.89 Å². The summed E-state index contributed by atoms with van der Waals surface area (Å²) in [6, 6.07) is 61.9. The van der Waals surface area contributed by atoms with E-state index in [1.807, 2.05) is 91.0 Å². The molecule has 0 saturated heterocycles. The van der Waals surface area contributed by atoms with Crippen LogP contribution in [0.3, 0.4) is 0 Å². The maximum Gasteiger partial charge on any atom is 0.227 e. The van der Waals surface area contributed by atoms with E-state index in [9.17, 15) is 0 Å². The van der Waals surface area contributed by atoms with Gasteiger partial charge in [0.1, 0.15) is 16.7 Å². The molecule has 0 atom stereocenters. The smallest absolute Gasteiger partial charge is 0.227 e. The summed E-state index contributed by atoms with van der Waals surface area (Å²) < 4.78 is 12.7. The van der Waals surface area contributed by atoms with Crippen molar-refractivity contribution in [3.05, 3.63) is 182 Å². The van der Waals surface area contributed by atoms with Gasteiger partial charge in [-0.2, -0.15) is 0 Å². The van der Waals surface area contributed by atoms with Gasteiger partial charge in [-0.3, -0.25) is 0 Å². The SMILES string of the molecule is c1ccc(-c2nc(-c3ccc4ccc(-c5cccc6oc7cc8nc(-c9ccccc9)oc8cc7c56)cc4c3)nc(-c3ccccc3-c3ccccc3)n2)cc1. The highest BCUT2D eigenvalue weighted by Crippen LogP contribution is 2.40. The summed E-state index contributed by atoms with van der Waals surface area (Å²) in [5.41, 5.74) is 11.1. The number of nitrogens with zero attached hydrogens (tertiary/aromatic N) is 4. The van der Waals surface area contributed by atoms with Crippen molar-refractivity contribution in [2.24, 2.45) is 0 Å². The average Bonchev–Trinajstić information content (AvgIpc) is 3.86. The summed E-state index contributed by atoms with van der Waals surface area (Å²) in [5.74, 6) is 2.44. The van der Waals surface area contributed by atoms with Gasteiger partial charge in [-0.25, -0.2) is 19.9 Å². The molecule has 0 spiro atoms. The normalized spacial score (nSPS) is 11.6. The molecular formula is C50H30N4O2. The summed E-state index contributed by atoms with van der Waals surface area (Å²) in [6.07, 6.45) is 0. The predicted molar refractivity (Wildman–Crippen MR) is 225 cm³/mol. The number of rotatable bonds is 6. The maximum absolute atomic E-state index is 6.43. The molecule has 0 saturated carbocycles. The summed E-state index contributed by atoms with van der Waals surface area (Å²) in [6.45, 7) is 0. The third-order valence-corrected chi connectivity index (χ3v) is 10.4. The van der Waals surface area contributed by atoms with Gasteiger partial charge < -0.3 is 8.83 Å². The first-order valence-corrected chi connectivity index (χ1v) is 18.5. The van der Waals surface area contributed by atoms with Crippen molar-refractivity contribution in [1.82, 2.24) is 19.9 Å². The molecule has 0 aliphatic carbocycles. The number of furan rings is 1. The molecule has 6 heteroatoms. The molecule has 0 amide bonds. The topological polar surface area (TPSA) is 77.8 Å². The van der Waals surface area contributed by atoms with Gasteiger partial charge in [0.05, 0.1) is 0 Å². The van der Waals surface area contributed by atoms with E-state index in [1.54, 1.807) is 0 Å². The second kappa shape index (κ2) is 13.0. The lowest BCUT2D eigenvalue weighted by molar-refractivity contribution is 0.620. The summed E-state index contributed by atoms with van der Waals surface area (Å²) in [7, 11) is 0. The van der Waals surface area contributed by atoms with Crippen molar-refractivity contribution in [3.8, 4) is 67.9 Å². The number of aromatic nitrogens is 4. The number of hydrogen-bond donors (Lipinski definition) is 0. The van der Waals surface area contributed by atoms with Gasteiger partial charge in [0.25, 0.3) is 0 Å². The van der Waals surface area contributed by atoms with E-state index in [2.05, 4.69) is 91.0 Å². The van der Waals surface area contributed by atoms with Crippen molar-refractivity contribution in [1.29, 1.82) is 0 Å². The van der Waals surface area contributed by atoms with Crippen molar-refractivity contribution < 1.29 is 8.83 Å². The highest BCUT2D eigenvalue weighted by Gasteiger charge is 2.19. The van der Waals surface area contributed by atoms with Crippen LogP contribution in [0.5, 0.6) is 0 Å². The number of oxazole rings is 1. The zero-order valence-corrected chi connectivity index (χ0v) is 29.9. The maximum atomic E-state index is 6.43. The lowest BCUT2D eigenvalue weighted by Crippen LogP contribution is -2.01. The Bertz CT molecular complexity index is 3240. The molecule has 0 fully saturated rings. The van der Waals surface area contributed by atoms with Crippen LogP contribution in [0.15, 0.2) is 191 Å². The molecule has 0 unspecified atom stereocenters. The minimum Gasteiger partial charge on any atom is -0.456 e. The van der Waals surface area contributed by atoms with Gasteiger partial charge in [0.15, 0.2) is 23.1 Å². The Kier molecular flexibility index (Phi) is 7.38. The van der Waals surface area contributed by atoms with E-state index >= 15 is 0 Å². The second-order valence-corrected chi connectivity index (χ2v) is 13.8. The Morgan fingerprint density at radius 3 is 1.70 bits per heavy atom. The van der Waals surface area contributed by atoms with Crippen LogP contribution in [0.1, 0.15) is 0 Å². The molecule has 0 aliphatic rings. The minimum absolute atomic E-state index is 0.588. The second-order valence-electron chi connectivity index (χ2n) is 13.8. The predicted octanol–water partition coefficient (Wildman–Crippen LogP) is 13.1. The van der Waals surface area contributed by atoms with E-state index in [1.165, 1.54) is 0 Å². The van der Waals surface area contributed by atoms with E-state index in [-0.39, 0.29) is 0 Å². The quantitative estimate of drug-likeness (QED) is 0.170. The number of hydrogen-bond acceptors (Lipinski definition) is 6. The van der Waals surface area contributed by atoms with Gasteiger partial charge in [-0.15, -0.1) is 0 Å². The van der Waals surface area contributed by atoms with E-state index in [0.29, 0.717) is 23.4 Å². The Hall–Kier alpha value is -7.70. The summed E-state index contributed by atoms with van der Waals surface area (Å²) >= 11 is 0. The molecule has 0 bridgehead atoms. The van der Waals surface area contributed by atoms with Crippen molar-refractivity contribution in [2.75, 3.05) is 0 Å². The van der Waals surface area contributed by atoms with Crippen LogP contribution in [0.4, 0.5) is 0 Å². The van der Waals surface area contributed by atoms with E-state index < -0.39 is 0 Å². The molecule has 3 heterocycles. The molecule has 262 valence electrons. The van der Waals surface area contributed by atoms with Gasteiger partial charge in [0, 0.05) is 39.1 Å². The molecule has 0 radical (unpaired) electrons. The van der Waals surface area contributed by atoms with Gasteiger partial charge in [-0.05, 0) is 69.4 Å². The van der Waals surface area contributed by atoms with Gasteiger partial charge >= 0.3 is 0 Å². The fraction of sp³-hybridized carbons (Fsp3) is 0. The molecule has 0 aliphatic heterocycles. The van der Waals surface area contributed by atoms with Crippen LogP contribution in [-0.4, -0.2) is 19.9 Å². The van der Waals surface area contributed by atoms with Crippen LogP contribution < -0.4 is 0 Å². The first-order chi connectivity index (χ1) is 27.7. The zero-order valence-electron chi connectivity index (χ0n) is 29.9. The summed E-state index contributed by atoms with van der Waals surface area (Å²) in [4.78, 5) is 20.0. The van der Waals surface area contributed by atoms with Crippen molar-refractivity contribution in [3.63, 3.8) is 0 Å². The monoisotopic (exact) mass is 718 g/mol. The number of fused-ring (bicyclic) bond motifs is 5. The highest BCUT2D eigenvalue weighted by molar-refractivity contribution is 6.15. The lowest BCUT2D eigenvalue weighted by atomic mass is 9.96. The van der Waals surface area contributed by atoms with Gasteiger partial charge in [-0.1, -0.05) is 140 Å². The third kappa shape index (κ3) is 5.51. The van der Waals surface area contributed by atoms with E-state index in [0.717, 1.165) is 88.3 Å². The lowest BCUT2D eigenvalue weighted by Gasteiger charge is -2.12. The Labute approximate surface area is 321 Å². The minimum atomic E-state index is 0.588. The molecule has 11 aromatic rings. The van der Waals surface area contributed by atoms with Crippen molar-refractivity contribution in [2.45, 2.75) is 0 Å². The Morgan fingerprint density at radius 1 is 0.321 bits per heavy atom. The number of benzene rings is 8. The average molecular weight is 719 g/mol. The highest BCUT2D eigenvalue weighted by atomic mass is 16.4. The van der Waals surface area contributed by atoms with Crippen LogP contribution in [0, 0.1) is 0 Å². The molecule has 3 aromatic heterocycles. The fourth-order valence-electron chi connectivity index (χ4n) is 7.63. The van der Waals surface area contributed by atoms with Crippen LogP contribution >= 0.6 is 0 Å². The summed E-state index contributed by atoms with van der Waals surface area (Å²) in [5, 5.41) is 4.20. The van der Waals surface area contributed by atoms with Crippen LogP contribution in [-0.2, 0) is 0 Å². The molecule has 6 nitrogen and oxygen atoms in total. The van der Waals surface area contributed by atoms with E-state index in [4.69, 9.17) is 28.8 Å². The first kappa shape index (κ1) is 31.8. The molecule has 0 N–H and O–H groups in total. The molecular weight excluding hydrogens is 689 g/mol. The standard InChI is InChI=1S/C50H30N4O2/c1-4-13-32(14-5-1)38-19-10-11-20-40(38)49-53-47(33-15-6-2-7-16-33)52-48(54-49)36-26-24-31-23-25-35(27-37(31)28-36)39-21-12-22-43-46(39)41-29-45-42(30-44(41)55-43)51-50(56-45)34-17-8-3-9-18-34/h1-30H. The van der Waals surface area contributed by atoms with Crippen molar-refractivity contribution >= 4 is 43.8 Å². The third-order valence-electron chi connectivity index (χ3n) is 10.4. The molecule has 56 heavy (non-hydrogen) atoms. The zero-order chi connectivity index (χ0) is 37.0. The van der Waals surface area contributed by atoms with Crippen LogP contribution in [0.25, 0.3) is 112 Å². The largest absolute Gasteiger partial charge is 0.456 e.